The highest BCUT2D eigenvalue weighted by Gasteiger charge is 2.36. The number of guanidine groups is 1. The topological polar surface area (TPSA) is 71.7 Å². The highest BCUT2D eigenvalue weighted by Crippen LogP contribution is 2.43. The van der Waals surface area contributed by atoms with Crippen molar-refractivity contribution in [1.82, 2.24) is 15.8 Å². The Morgan fingerprint density at radius 1 is 1.31 bits per heavy atom. The quantitative estimate of drug-likeness (QED) is 0.461. The Morgan fingerprint density at radius 2 is 2.08 bits per heavy atom. The van der Waals surface area contributed by atoms with Crippen molar-refractivity contribution in [3.8, 4) is 0 Å². The maximum atomic E-state index is 5.48. The number of nitrogens with one attached hydrogen (secondary N) is 2. The average molecular weight is 365 g/mol. The van der Waals surface area contributed by atoms with Crippen molar-refractivity contribution in [2.45, 2.75) is 71.8 Å². The average Bonchev–Trinajstić information content (AvgIpc) is 3.08. The Hall–Kier alpha value is -1.56. The van der Waals surface area contributed by atoms with Crippen molar-refractivity contribution in [3.63, 3.8) is 0 Å². The molecule has 6 heteroatoms. The highest BCUT2D eigenvalue weighted by atomic mass is 16.5. The molecule has 0 saturated heterocycles. The van der Waals surface area contributed by atoms with E-state index in [1.165, 1.54) is 19.3 Å². The van der Waals surface area contributed by atoms with Crippen LogP contribution in [0.4, 0.5) is 0 Å². The number of hydrogen-bond donors (Lipinski definition) is 2. The third-order valence-corrected chi connectivity index (χ3v) is 5.60. The van der Waals surface area contributed by atoms with Gasteiger partial charge in [-0.05, 0) is 44.4 Å². The molecule has 1 aromatic rings. The van der Waals surface area contributed by atoms with Crippen molar-refractivity contribution in [2.24, 2.45) is 10.4 Å². The van der Waals surface area contributed by atoms with Gasteiger partial charge in [-0.2, -0.15) is 0 Å². The second-order valence-electron chi connectivity index (χ2n) is 7.38. The van der Waals surface area contributed by atoms with Crippen molar-refractivity contribution < 1.29 is 9.26 Å². The van der Waals surface area contributed by atoms with Crippen LogP contribution < -0.4 is 10.6 Å². The molecule has 1 fully saturated rings. The molecule has 0 radical (unpaired) electrons. The minimum Gasteiger partial charge on any atom is -0.385 e. The Bertz CT molecular complexity index is 548. The van der Waals surface area contributed by atoms with Crippen LogP contribution in [0.2, 0.25) is 0 Å². The molecule has 1 aromatic heterocycles. The Labute approximate surface area is 158 Å². The van der Waals surface area contributed by atoms with Gasteiger partial charge in [-0.3, -0.25) is 0 Å². The summed E-state index contributed by atoms with van der Waals surface area (Å²) in [7, 11) is 1.78. The van der Waals surface area contributed by atoms with Crippen LogP contribution in [-0.4, -0.2) is 37.9 Å². The minimum atomic E-state index is 0.362. The predicted molar refractivity (Wildman–Crippen MR) is 105 cm³/mol. The maximum absolute atomic E-state index is 5.48. The molecule has 1 heterocycles. The summed E-state index contributed by atoms with van der Waals surface area (Å²) in [5.74, 6) is 2.14. The van der Waals surface area contributed by atoms with Gasteiger partial charge < -0.3 is 19.9 Å². The smallest absolute Gasteiger partial charge is 0.191 e. The second-order valence-corrected chi connectivity index (χ2v) is 7.38. The van der Waals surface area contributed by atoms with Gasteiger partial charge in [-0.25, -0.2) is 4.99 Å². The fourth-order valence-corrected chi connectivity index (χ4v) is 3.58. The van der Waals surface area contributed by atoms with Crippen LogP contribution in [0.15, 0.2) is 15.6 Å². The summed E-state index contributed by atoms with van der Waals surface area (Å²) in [6, 6.07) is 2.05. The van der Waals surface area contributed by atoms with Crippen LogP contribution in [0.3, 0.4) is 0 Å². The lowest BCUT2D eigenvalue weighted by Gasteiger charge is -2.42. The van der Waals surface area contributed by atoms with Gasteiger partial charge in [0.25, 0.3) is 0 Å². The van der Waals surface area contributed by atoms with Crippen LogP contribution in [0, 0.1) is 5.41 Å². The summed E-state index contributed by atoms with van der Waals surface area (Å²) < 4.78 is 10.8. The Balaban J connectivity index is 1.92. The fraction of sp³-hybridized carbons (Fsp3) is 0.800. The van der Waals surface area contributed by atoms with Crippen LogP contribution in [0.5, 0.6) is 0 Å². The minimum absolute atomic E-state index is 0.362. The molecule has 0 aliphatic heterocycles. The van der Waals surface area contributed by atoms with E-state index in [2.05, 4.69) is 47.6 Å². The molecule has 1 aliphatic carbocycles. The molecule has 0 amide bonds. The number of methoxy groups -OCH3 is 1. The predicted octanol–water partition coefficient (Wildman–Crippen LogP) is 3.84. The molecule has 1 saturated carbocycles. The standard InChI is InChI=1S/C20H36N4O2/c1-5-16(6-2)18-13-17(26-24-18)14-22-19(21-7-3)23-15-20(9-8-10-20)11-12-25-4/h13,16H,5-12,14-15H2,1-4H3,(H2,21,22,23). The number of rotatable bonds is 11. The summed E-state index contributed by atoms with van der Waals surface area (Å²) in [5.41, 5.74) is 1.41. The first kappa shape index (κ1) is 20.7. The highest BCUT2D eigenvalue weighted by molar-refractivity contribution is 5.79. The number of hydrogen-bond acceptors (Lipinski definition) is 4. The van der Waals surface area contributed by atoms with Gasteiger partial charge in [0.05, 0.1) is 5.69 Å². The molecule has 6 nitrogen and oxygen atoms in total. The van der Waals surface area contributed by atoms with E-state index in [4.69, 9.17) is 9.26 Å². The molecule has 0 aromatic carbocycles. The van der Waals surface area contributed by atoms with E-state index in [-0.39, 0.29) is 0 Å². The van der Waals surface area contributed by atoms with E-state index in [1.54, 1.807) is 7.11 Å². The molecule has 26 heavy (non-hydrogen) atoms. The van der Waals surface area contributed by atoms with Crippen LogP contribution in [0.1, 0.15) is 76.7 Å². The summed E-state index contributed by atoms with van der Waals surface area (Å²) in [4.78, 5) is 4.68. The van der Waals surface area contributed by atoms with Gasteiger partial charge in [0.15, 0.2) is 11.7 Å². The van der Waals surface area contributed by atoms with E-state index >= 15 is 0 Å². The molecule has 2 N–H and O–H groups in total. The normalized spacial score (nSPS) is 16.6. The van der Waals surface area contributed by atoms with E-state index < -0.39 is 0 Å². The summed E-state index contributed by atoms with van der Waals surface area (Å²) in [5, 5.41) is 11.1. The molecule has 0 bridgehead atoms. The second kappa shape index (κ2) is 10.6. The molecule has 148 valence electrons. The van der Waals surface area contributed by atoms with Crippen molar-refractivity contribution >= 4 is 5.96 Å². The number of ether oxygens (including phenoxy) is 1. The molecular formula is C20H36N4O2. The van der Waals surface area contributed by atoms with Crippen LogP contribution in [-0.2, 0) is 11.3 Å². The summed E-state index contributed by atoms with van der Waals surface area (Å²) in [6.07, 6.45) is 7.12. The first-order valence-electron chi connectivity index (χ1n) is 10.1. The number of aromatic nitrogens is 1. The number of nitrogens with zero attached hydrogens (tertiary/aromatic N) is 2. The number of aliphatic imine (C=N–C) groups is 1. The molecular weight excluding hydrogens is 328 g/mol. The first-order valence-corrected chi connectivity index (χ1v) is 10.1. The zero-order valence-corrected chi connectivity index (χ0v) is 16.9. The SMILES string of the molecule is CCNC(=NCc1cc(C(CC)CC)no1)NCC1(CCOC)CCC1. The first-order chi connectivity index (χ1) is 12.7. The van der Waals surface area contributed by atoms with Gasteiger partial charge in [0.1, 0.15) is 6.54 Å². The lowest BCUT2D eigenvalue weighted by molar-refractivity contribution is 0.0732. The molecule has 2 rings (SSSR count). The largest absolute Gasteiger partial charge is 0.385 e. The van der Waals surface area contributed by atoms with Crippen molar-refractivity contribution in [2.75, 3.05) is 26.8 Å². The van der Waals surface area contributed by atoms with Crippen molar-refractivity contribution in [3.05, 3.63) is 17.5 Å². The fourth-order valence-electron chi connectivity index (χ4n) is 3.58. The summed E-state index contributed by atoms with van der Waals surface area (Å²) >= 11 is 0. The Morgan fingerprint density at radius 3 is 2.65 bits per heavy atom. The third kappa shape index (κ3) is 5.73. The monoisotopic (exact) mass is 364 g/mol. The maximum Gasteiger partial charge on any atom is 0.191 e. The van der Waals surface area contributed by atoms with Gasteiger partial charge in [-0.15, -0.1) is 0 Å². The van der Waals surface area contributed by atoms with Gasteiger partial charge in [-0.1, -0.05) is 25.4 Å². The lowest BCUT2D eigenvalue weighted by atomic mass is 9.67. The van der Waals surface area contributed by atoms with E-state index in [9.17, 15) is 0 Å². The van der Waals surface area contributed by atoms with Crippen LogP contribution >= 0.6 is 0 Å². The van der Waals surface area contributed by atoms with Crippen LogP contribution in [0.25, 0.3) is 0 Å². The van der Waals surface area contributed by atoms with E-state index in [1.807, 2.05) is 0 Å². The van der Waals surface area contributed by atoms with Gasteiger partial charge in [0.2, 0.25) is 0 Å². The lowest BCUT2D eigenvalue weighted by Crippen LogP contribution is -2.46. The molecule has 0 spiro atoms. The van der Waals surface area contributed by atoms with E-state index in [0.717, 1.165) is 56.4 Å². The summed E-state index contributed by atoms with van der Waals surface area (Å²) in [6.45, 7) is 9.58. The molecule has 1 aliphatic rings. The van der Waals surface area contributed by atoms with E-state index in [0.29, 0.717) is 17.9 Å². The Kier molecular flexibility index (Phi) is 8.42. The molecule has 0 atom stereocenters. The zero-order valence-electron chi connectivity index (χ0n) is 16.9. The van der Waals surface area contributed by atoms with Crippen molar-refractivity contribution in [1.29, 1.82) is 0 Å². The van der Waals surface area contributed by atoms with Gasteiger partial charge in [0, 0.05) is 38.8 Å². The zero-order chi connectivity index (χ0) is 18.8. The van der Waals surface area contributed by atoms with Gasteiger partial charge >= 0.3 is 0 Å². The molecule has 0 unspecified atom stereocenters. The third-order valence-electron chi connectivity index (χ3n) is 5.60.